The Labute approximate surface area is 123 Å². The largest absolute Gasteiger partial charge is 0.393 e. The van der Waals surface area contributed by atoms with Crippen LogP contribution in [0.5, 0.6) is 0 Å². The first kappa shape index (κ1) is 15.4. The first-order valence-electron chi connectivity index (χ1n) is 7.08. The van der Waals surface area contributed by atoms with Crippen molar-refractivity contribution in [3.8, 4) is 0 Å². The Bertz CT molecular complexity index is 366. The summed E-state index contributed by atoms with van der Waals surface area (Å²) >= 11 is 1.64. The predicted octanol–water partition coefficient (Wildman–Crippen LogP) is 0.291. The number of nitrogens with one attached hydrogen (secondary N) is 1. The number of amides is 3. The van der Waals surface area contributed by atoms with Crippen molar-refractivity contribution in [1.29, 1.82) is 0 Å². The number of aliphatic hydroxyl groups excluding tert-OH is 1. The fourth-order valence-electron chi connectivity index (χ4n) is 3.35. The fraction of sp³-hybridized carbons (Fsp3) is 0.846. The Balaban J connectivity index is 2.05. The van der Waals surface area contributed by atoms with E-state index in [9.17, 15) is 14.7 Å². The van der Waals surface area contributed by atoms with Crippen LogP contribution in [0.3, 0.4) is 0 Å². The number of hydrogen-bond acceptors (Lipinski definition) is 4. The van der Waals surface area contributed by atoms with Gasteiger partial charge in [-0.15, -0.1) is 0 Å². The molecule has 2 rings (SSSR count). The summed E-state index contributed by atoms with van der Waals surface area (Å²) in [5.41, 5.74) is 5.17. The number of aliphatic hydroxyl groups is 1. The summed E-state index contributed by atoms with van der Waals surface area (Å²) < 4.78 is 0. The van der Waals surface area contributed by atoms with Gasteiger partial charge in [0.25, 0.3) is 0 Å². The van der Waals surface area contributed by atoms with E-state index in [1.807, 2.05) is 11.2 Å². The molecule has 20 heavy (non-hydrogen) atoms. The van der Waals surface area contributed by atoms with Crippen molar-refractivity contribution in [2.75, 3.05) is 12.0 Å². The molecule has 0 spiro atoms. The number of nitrogens with two attached hydrogens (primary N) is 1. The minimum absolute atomic E-state index is 0.0442. The summed E-state index contributed by atoms with van der Waals surface area (Å²) in [5.74, 6) is 0.750. The number of hydrogen-bond donors (Lipinski definition) is 3. The summed E-state index contributed by atoms with van der Waals surface area (Å²) in [6, 6.07) is -0.974. The zero-order valence-electron chi connectivity index (χ0n) is 11.7. The molecule has 2 saturated heterocycles. The van der Waals surface area contributed by atoms with E-state index in [1.54, 1.807) is 11.8 Å². The van der Waals surface area contributed by atoms with Gasteiger partial charge >= 0.3 is 6.03 Å². The molecule has 0 aromatic carbocycles. The van der Waals surface area contributed by atoms with Crippen molar-refractivity contribution in [3.63, 3.8) is 0 Å². The molecular weight excluding hydrogens is 278 g/mol. The van der Waals surface area contributed by atoms with Crippen molar-refractivity contribution in [3.05, 3.63) is 0 Å². The van der Waals surface area contributed by atoms with Crippen molar-refractivity contribution >= 4 is 23.7 Å². The van der Waals surface area contributed by atoms with Crippen LogP contribution < -0.4 is 11.1 Å². The van der Waals surface area contributed by atoms with Crippen LogP contribution in [0.15, 0.2) is 0 Å². The van der Waals surface area contributed by atoms with E-state index in [1.165, 1.54) is 0 Å². The van der Waals surface area contributed by atoms with Gasteiger partial charge in [0.1, 0.15) is 6.04 Å². The Kier molecular flexibility index (Phi) is 5.15. The average molecular weight is 301 g/mol. The SMILES string of the molecule is CSCCC(NC(N)=O)C(=O)N1C2CCC1CC(O)C2. The van der Waals surface area contributed by atoms with Gasteiger partial charge in [-0.2, -0.15) is 11.8 Å². The number of fused-ring (bicyclic) bond motifs is 2. The van der Waals surface area contributed by atoms with E-state index in [-0.39, 0.29) is 24.1 Å². The monoisotopic (exact) mass is 301 g/mol. The van der Waals surface area contributed by atoms with Gasteiger partial charge < -0.3 is 21.1 Å². The van der Waals surface area contributed by atoms with Gasteiger partial charge in [0.05, 0.1) is 6.10 Å². The molecule has 0 radical (unpaired) electrons. The van der Waals surface area contributed by atoms with E-state index in [0.717, 1.165) is 18.6 Å². The maximum atomic E-state index is 12.7. The fourth-order valence-corrected chi connectivity index (χ4v) is 3.82. The Hall–Kier alpha value is -0.950. The third-order valence-corrected chi connectivity index (χ3v) is 4.83. The standard InChI is InChI=1S/C13H23N3O3S/c1-20-5-4-11(15-13(14)19)12(18)16-8-2-3-9(16)7-10(17)6-8/h8-11,17H,2-7H2,1H3,(H3,14,15,19). The lowest BCUT2D eigenvalue weighted by molar-refractivity contribution is -0.139. The molecule has 2 fully saturated rings. The van der Waals surface area contributed by atoms with Crippen molar-refractivity contribution in [2.45, 2.75) is 56.3 Å². The normalized spacial score (nSPS) is 30.1. The summed E-state index contributed by atoms with van der Waals surface area (Å²) in [6.07, 6.45) is 5.43. The maximum absolute atomic E-state index is 12.7. The van der Waals surface area contributed by atoms with Crippen LogP contribution in [-0.4, -0.2) is 58.2 Å². The van der Waals surface area contributed by atoms with Gasteiger partial charge in [-0.25, -0.2) is 4.79 Å². The lowest BCUT2D eigenvalue weighted by atomic mass is 9.98. The molecule has 0 saturated carbocycles. The smallest absolute Gasteiger partial charge is 0.312 e. The predicted molar refractivity (Wildman–Crippen MR) is 78.4 cm³/mol. The summed E-state index contributed by atoms with van der Waals surface area (Å²) in [7, 11) is 0. The van der Waals surface area contributed by atoms with Crippen LogP contribution in [0.2, 0.25) is 0 Å². The molecule has 114 valence electrons. The first-order valence-corrected chi connectivity index (χ1v) is 8.47. The number of piperidine rings is 1. The van der Waals surface area contributed by atoms with Crippen LogP contribution in [0.1, 0.15) is 32.1 Å². The molecule has 2 heterocycles. The molecule has 7 heteroatoms. The molecule has 3 atom stereocenters. The van der Waals surface area contributed by atoms with Gasteiger partial charge in [0, 0.05) is 12.1 Å². The molecule has 2 aliphatic rings. The van der Waals surface area contributed by atoms with Crippen LogP contribution in [0, 0.1) is 0 Å². The van der Waals surface area contributed by atoms with Crippen LogP contribution in [0.25, 0.3) is 0 Å². The second kappa shape index (κ2) is 6.67. The highest BCUT2D eigenvalue weighted by atomic mass is 32.2. The molecule has 2 aliphatic heterocycles. The van der Waals surface area contributed by atoms with E-state index in [4.69, 9.17) is 5.73 Å². The van der Waals surface area contributed by atoms with Crippen molar-refractivity contribution < 1.29 is 14.7 Å². The second-order valence-electron chi connectivity index (χ2n) is 5.60. The molecule has 3 amide bonds. The molecule has 6 nitrogen and oxygen atoms in total. The van der Waals surface area contributed by atoms with E-state index >= 15 is 0 Å². The molecule has 3 unspecified atom stereocenters. The van der Waals surface area contributed by atoms with E-state index in [2.05, 4.69) is 5.32 Å². The lowest BCUT2D eigenvalue weighted by Crippen LogP contribution is -2.56. The maximum Gasteiger partial charge on any atom is 0.312 e. The molecule has 0 aromatic heterocycles. The highest BCUT2D eigenvalue weighted by molar-refractivity contribution is 7.98. The van der Waals surface area contributed by atoms with Crippen LogP contribution in [0.4, 0.5) is 4.79 Å². The summed E-state index contributed by atoms with van der Waals surface area (Å²) in [5, 5.41) is 12.3. The summed E-state index contributed by atoms with van der Waals surface area (Å²) in [4.78, 5) is 25.6. The topological polar surface area (TPSA) is 95.7 Å². The molecule has 4 N–H and O–H groups in total. The highest BCUT2D eigenvalue weighted by Crippen LogP contribution is 2.36. The van der Waals surface area contributed by atoms with Gasteiger partial charge in [0.15, 0.2) is 0 Å². The van der Waals surface area contributed by atoms with Crippen molar-refractivity contribution in [1.82, 2.24) is 10.2 Å². The molecule has 0 aromatic rings. The Morgan fingerprint density at radius 1 is 1.40 bits per heavy atom. The molecule has 2 bridgehead atoms. The molecular formula is C13H23N3O3S. The van der Waals surface area contributed by atoms with E-state index in [0.29, 0.717) is 19.3 Å². The number of primary amides is 1. The van der Waals surface area contributed by atoms with Crippen LogP contribution >= 0.6 is 11.8 Å². The number of urea groups is 1. The third kappa shape index (κ3) is 3.38. The van der Waals surface area contributed by atoms with Gasteiger partial charge in [0.2, 0.25) is 5.91 Å². The highest BCUT2D eigenvalue weighted by Gasteiger charge is 2.44. The average Bonchev–Trinajstić information content (AvgIpc) is 2.65. The number of nitrogens with zero attached hydrogens (tertiary/aromatic N) is 1. The Morgan fingerprint density at radius 3 is 2.50 bits per heavy atom. The lowest BCUT2D eigenvalue weighted by Gasteiger charge is -2.39. The number of carbonyl (C=O) groups is 2. The van der Waals surface area contributed by atoms with Crippen molar-refractivity contribution in [2.24, 2.45) is 5.73 Å². The second-order valence-corrected chi connectivity index (χ2v) is 6.58. The zero-order chi connectivity index (χ0) is 14.7. The first-order chi connectivity index (χ1) is 9.52. The minimum atomic E-state index is -0.658. The minimum Gasteiger partial charge on any atom is -0.393 e. The molecule has 0 aliphatic carbocycles. The quantitative estimate of drug-likeness (QED) is 0.680. The summed E-state index contributed by atoms with van der Waals surface area (Å²) in [6.45, 7) is 0. The zero-order valence-corrected chi connectivity index (χ0v) is 12.6. The third-order valence-electron chi connectivity index (χ3n) is 4.19. The van der Waals surface area contributed by atoms with Gasteiger partial charge in [-0.1, -0.05) is 0 Å². The van der Waals surface area contributed by atoms with Crippen LogP contribution in [-0.2, 0) is 4.79 Å². The van der Waals surface area contributed by atoms with E-state index < -0.39 is 12.1 Å². The number of rotatable bonds is 5. The number of thioether (sulfide) groups is 1. The Morgan fingerprint density at radius 2 is 2.00 bits per heavy atom. The van der Waals surface area contributed by atoms with Gasteiger partial charge in [-0.05, 0) is 44.1 Å². The number of carbonyl (C=O) groups excluding carboxylic acids is 2. The van der Waals surface area contributed by atoms with Gasteiger partial charge in [-0.3, -0.25) is 4.79 Å².